The number of para-hydroxylation sites is 1. The van der Waals surface area contributed by atoms with Gasteiger partial charge in [0, 0.05) is 18.2 Å². The second-order valence-electron chi connectivity index (χ2n) is 7.44. The molecule has 0 bridgehead atoms. The summed E-state index contributed by atoms with van der Waals surface area (Å²) in [6.45, 7) is 1.05. The van der Waals surface area contributed by atoms with E-state index in [-0.39, 0.29) is 17.9 Å². The third-order valence-electron chi connectivity index (χ3n) is 5.37. The van der Waals surface area contributed by atoms with Crippen molar-refractivity contribution in [2.75, 3.05) is 13.1 Å². The third-order valence-corrected chi connectivity index (χ3v) is 5.37. The summed E-state index contributed by atoms with van der Waals surface area (Å²) in [6, 6.07) is 27.0. The van der Waals surface area contributed by atoms with E-state index in [4.69, 9.17) is 4.74 Å². The van der Waals surface area contributed by atoms with Crippen molar-refractivity contribution in [1.82, 2.24) is 4.90 Å². The monoisotopic (exact) mass is 387 g/mol. The zero-order valence-electron chi connectivity index (χ0n) is 16.3. The normalized spacial score (nSPS) is 19.6. The fraction of sp³-hybridized carbons (Fsp3) is 0.240. The zero-order chi connectivity index (χ0) is 20.1. The average Bonchev–Trinajstić information content (AvgIpc) is 2.77. The van der Waals surface area contributed by atoms with Crippen molar-refractivity contribution in [2.45, 2.75) is 25.0 Å². The van der Waals surface area contributed by atoms with E-state index in [1.807, 2.05) is 84.9 Å². The smallest absolute Gasteiger partial charge is 0.176 e. The molecule has 0 saturated carbocycles. The van der Waals surface area contributed by atoms with E-state index in [2.05, 4.69) is 4.90 Å². The largest absolute Gasteiger partial charge is 0.457 e. The number of carbonyl (C=O) groups excluding carboxylic acids is 1. The van der Waals surface area contributed by atoms with Crippen molar-refractivity contribution >= 4 is 5.78 Å². The molecule has 1 saturated heterocycles. The van der Waals surface area contributed by atoms with Crippen molar-refractivity contribution in [3.63, 3.8) is 0 Å². The Kier molecular flexibility index (Phi) is 6.03. The summed E-state index contributed by atoms with van der Waals surface area (Å²) in [5, 5.41) is 10.2. The van der Waals surface area contributed by atoms with Gasteiger partial charge < -0.3 is 9.84 Å². The zero-order valence-corrected chi connectivity index (χ0v) is 16.3. The number of hydrogen-bond donors (Lipinski definition) is 1. The van der Waals surface area contributed by atoms with Crippen LogP contribution in [-0.4, -0.2) is 35.0 Å². The highest BCUT2D eigenvalue weighted by Crippen LogP contribution is 2.33. The van der Waals surface area contributed by atoms with Crippen LogP contribution in [0.2, 0.25) is 0 Å². The Morgan fingerprint density at radius 2 is 1.52 bits per heavy atom. The Hall–Kier alpha value is -2.95. The number of ether oxygens (including phenoxy) is 1. The van der Waals surface area contributed by atoms with Gasteiger partial charge in [-0.15, -0.1) is 0 Å². The standard InChI is InChI=1S/C25H25NO3/c27-21-15-16-26(18-25(28)20-7-3-1-4-8-20)24(17-21)19-11-13-23(14-12-19)29-22-9-5-2-6-10-22/h1-14,21,24,27H,15-18H2. The maximum absolute atomic E-state index is 12.7. The van der Waals surface area contributed by atoms with Crippen LogP contribution >= 0.6 is 0 Å². The molecule has 29 heavy (non-hydrogen) atoms. The van der Waals surface area contributed by atoms with E-state index in [1.54, 1.807) is 0 Å². The molecule has 0 amide bonds. The van der Waals surface area contributed by atoms with Gasteiger partial charge in [0.15, 0.2) is 5.78 Å². The molecule has 2 atom stereocenters. The molecular weight excluding hydrogens is 362 g/mol. The number of Topliss-reactive ketones (excluding diaryl/α,β-unsaturated/α-hetero) is 1. The van der Waals surface area contributed by atoms with Crippen LogP contribution in [0.4, 0.5) is 0 Å². The summed E-state index contributed by atoms with van der Waals surface area (Å²) >= 11 is 0. The Balaban J connectivity index is 1.48. The summed E-state index contributed by atoms with van der Waals surface area (Å²) in [5.74, 6) is 1.67. The van der Waals surface area contributed by atoms with Crippen molar-refractivity contribution in [3.8, 4) is 11.5 Å². The fourth-order valence-electron chi connectivity index (χ4n) is 3.81. The van der Waals surface area contributed by atoms with Gasteiger partial charge in [0.05, 0.1) is 12.6 Å². The van der Waals surface area contributed by atoms with Gasteiger partial charge in [0.25, 0.3) is 0 Å². The Morgan fingerprint density at radius 1 is 0.897 bits per heavy atom. The highest BCUT2D eigenvalue weighted by Gasteiger charge is 2.30. The first-order valence-corrected chi connectivity index (χ1v) is 10.0. The first kappa shape index (κ1) is 19.4. The number of rotatable bonds is 6. The van der Waals surface area contributed by atoms with Gasteiger partial charge in [0.1, 0.15) is 11.5 Å². The second-order valence-corrected chi connectivity index (χ2v) is 7.44. The van der Waals surface area contributed by atoms with E-state index < -0.39 is 0 Å². The molecule has 0 radical (unpaired) electrons. The molecule has 0 spiro atoms. The minimum absolute atomic E-state index is 0.0113. The van der Waals surface area contributed by atoms with Gasteiger partial charge >= 0.3 is 0 Å². The van der Waals surface area contributed by atoms with Gasteiger partial charge in [-0.1, -0.05) is 60.7 Å². The van der Waals surface area contributed by atoms with Gasteiger partial charge in [-0.2, -0.15) is 0 Å². The molecule has 4 nitrogen and oxygen atoms in total. The minimum atomic E-state index is -0.344. The van der Waals surface area contributed by atoms with E-state index in [0.717, 1.165) is 22.6 Å². The molecule has 0 aromatic heterocycles. The summed E-state index contributed by atoms with van der Waals surface area (Å²) < 4.78 is 5.87. The van der Waals surface area contributed by atoms with Crippen LogP contribution in [0.5, 0.6) is 11.5 Å². The van der Waals surface area contributed by atoms with Crippen LogP contribution < -0.4 is 4.74 Å². The van der Waals surface area contributed by atoms with Crippen molar-refractivity contribution in [1.29, 1.82) is 0 Å². The number of carbonyl (C=O) groups is 1. The molecule has 3 aromatic rings. The van der Waals surface area contributed by atoms with Gasteiger partial charge in [-0.25, -0.2) is 0 Å². The summed E-state index contributed by atoms with van der Waals surface area (Å²) in [6.07, 6.45) is 0.970. The number of ketones is 1. The lowest BCUT2D eigenvalue weighted by Gasteiger charge is -2.37. The molecule has 1 aliphatic rings. The van der Waals surface area contributed by atoms with Gasteiger partial charge in [-0.3, -0.25) is 9.69 Å². The Labute approximate surface area is 171 Å². The second kappa shape index (κ2) is 9.03. The average molecular weight is 387 g/mol. The first-order valence-electron chi connectivity index (χ1n) is 10.0. The van der Waals surface area contributed by atoms with Crippen LogP contribution in [0.3, 0.4) is 0 Å². The van der Waals surface area contributed by atoms with Crippen LogP contribution in [0.25, 0.3) is 0 Å². The van der Waals surface area contributed by atoms with Crippen LogP contribution in [0, 0.1) is 0 Å². The number of aliphatic hydroxyl groups excluding tert-OH is 1. The number of piperidine rings is 1. The Bertz CT molecular complexity index is 925. The number of likely N-dealkylation sites (tertiary alicyclic amines) is 1. The summed E-state index contributed by atoms with van der Waals surface area (Å²) in [7, 11) is 0. The Morgan fingerprint density at radius 3 is 2.21 bits per heavy atom. The molecule has 1 aliphatic heterocycles. The van der Waals surface area contributed by atoms with Crippen LogP contribution in [0.1, 0.15) is 34.8 Å². The lowest BCUT2D eigenvalue weighted by Crippen LogP contribution is -2.41. The highest BCUT2D eigenvalue weighted by molar-refractivity contribution is 5.97. The molecule has 1 N–H and O–H groups in total. The molecule has 4 heteroatoms. The quantitative estimate of drug-likeness (QED) is 0.614. The molecule has 4 rings (SSSR count). The third kappa shape index (κ3) is 4.91. The van der Waals surface area contributed by atoms with E-state index >= 15 is 0 Å². The molecule has 1 heterocycles. The minimum Gasteiger partial charge on any atom is -0.457 e. The summed E-state index contributed by atoms with van der Waals surface area (Å²) in [4.78, 5) is 14.9. The van der Waals surface area contributed by atoms with Gasteiger partial charge in [-0.05, 0) is 42.7 Å². The van der Waals surface area contributed by atoms with Crippen molar-refractivity contribution < 1.29 is 14.6 Å². The number of aliphatic hydroxyl groups is 1. The molecule has 3 aromatic carbocycles. The molecule has 148 valence electrons. The SMILES string of the molecule is O=C(CN1CCC(O)CC1c1ccc(Oc2ccccc2)cc1)c1ccccc1. The predicted molar refractivity (Wildman–Crippen MR) is 113 cm³/mol. The fourth-order valence-corrected chi connectivity index (χ4v) is 3.81. The molecular formula is C25H25NO3. The van der Waals surface area contributed by atoms with E-state index in [0.29, 0.717) is 25.9 Å². The topological polar surface area (TPSA) is 49.8 Å². The maximum Gasteiger partial charge on any atom is 0.176 e. The number of nitrogens with zero attached hydrogens (tertiary/aromatic N) is 1. The number of benzene rings is 3. The van der Waals surface area contributed by atoms with E-state index in [1.165, 1.54) is 0 Å². The maximum atomic E-state index is 12.7. The molecule has 0 aliphatic carbocycles. The van der Waals surface area contributed by atoms with Crippen molar-refractivity contribution in [2.24, 2.45) is 0 Å². The van der Waals surface area contributed by atoms with Crippen LogP contribution in [0.15, 0.2) is 84.9 Å². The first-order chi connectivity index (χ1) is 14.2. The predicted octanol–water partition coefficient (Wildman–Crippen LogP) is 4.86. The lowest BCUT2D eigenvalue weighted by molar-refractivity contribution is 0.0390. The molecule has 2 unspecified atom stereocenters. The van der Waals surface area contributed by atoms with Crippen LogP contribution in [-0.2, 0) is 0 Å². The van der Waals surface area contributed by atoms with Crippen molar-refractivity contribution in [3.05, 3.63) is 96.1 Å². The summed E-state index contributed by atoms with van der Waals surface area (Å²) in [5.41, 5.74) is 1.81. The van der Waals surface area contributed by atoms with E-state index in [9.17, 15) is 9.90 Å². The highest BCUT2D eigenvalue weighted by atomic mass is 16.5. The number of hydrogen-bond acceptors (Lipinski definition) is 4. The lowest BCUT2D eigenvalue weighted by atomic mass is 9.92. The van der Waals surface area contributed by atoms with Gasteiger partial charge in [0.2, 0.25) is 0 Å². The molecule has 1 fully saturated rings.